The van der Waals surface area contributed by atoms with Crippen LogP contribution < -0.4 is 5.73 Å². The first kappa shape index (κ1) is 21.8. The molecular formula is C21H33N3O2S. The second-order valence-electron chi connectivity index (χ2n) is 7.06. The van der Waals surface area contributed by atoms with Gasteiger partial charge in [-0.15, -0.1) is 0 Å². The van der Waals surface area contributed by atoms with Gasteiger partial charge in [-0.25, -0.2) is 8.42 Å². The molecule has 27 heavy (non-hydrogen) atoms. The summed E-state index contributed by atoms with van der Waals surface area (Å²) in [4.78, 5) is 4.47. The van der Waals surface area contributed by atoms with Crippen LogP contribution in [0.5, 0.6) is 0 Å². The Labute approximate surface area is 164 Å². The van der Waals surface area contributed by atoms with Crippen LogP contribution in [-0.4, -0.2) is 36.8 Å². The second-order valence-corrected chi connectivity index (χ2v) is 8.92. The van der Waals surface area contributed by atoms with E-state index in [0.717, 1.165) is 55.7 Å². The largest absolute Gasteiger partial charge is 0.329 e. The number of benzene rings is 1. The first-order chi connectivity index (χ1) is 13.1. The van der Waals surface area contributed by atoms with Crippen LogP contribution in [0.25, 0.3) is 10.8 Å². The molecule has 1 heterocycles. The van der Waals surface area contributed by atoms with Crippen molar-refractivity contribution in [3.63, 3.8) is 0 Å². The molecule has 150 valence electrons. The van der Waals surface area contributed by atoms with Gasteiger partial charge in [-0.1, -0.05) is 58.1 Å². The van der Waals surface area contributed by atoms with E-state index in [-0.39, 0.29) is 6.04 Å². The molecule has 1 atom stereocenters. The zero-order valence-electron chi connectivity index (χ0n) is 16.6. The van der Waals surface area contributed by atoms with Crippen LogP contribution in [0.15, 0.2) is 41.6 Å². The summed E-state index contributed by atoms with van der Waals surface area (Å²) in [7, 11) is -3.63. The van der Waals surface area contributed by atoms with Gasteiger partial charge in [0, 0.05) is 42.3 Å². The van der Waals surface area contributed by atoms with Crippen molar-refractivity contribution >= 4 is 20.8 Å². The minimum Gasteiger partial charge on any atom is -0.329 e. The highest BCUT2D eigenvalue weighted by atomic mass is 32.2. The molecule has 0 saturated carbocycles. The average Bonchev–Trinajstić information content (AvgIpc) is 2.69. The standard InChI is InChI=1S/C21H33N3O2S/c1-3-5-7-8-15-24(19(16-22)11-6-4-2)27(25,26)21-12-9-10-18-17-23-14-13-20(18)21/h9-10,12-14,17,19H,3-8,11,15-16,22H2,1-2H3. The number of sulfonamides is 1. The first-order valence-corrected chi connectivity index (χ1v) is 11.5. The zero-order valence-corrected chi connectivity index (χ0v) is 17.4. The minimum atomic E-state index is -3.63. The summed E-state index contributed by atoms with van der Waals surface area (Å²) in [5.74, 6) is 0. The molecule has 5 nitrogen and oxygen atoms in total. The second kappa shape index (κ2) is 10.7. The van der Waals surface area contributed by atoms with E-state index in [0.29, 0.717) is 18.0 Å². The maximum atomic E-state index is 13.6. The monoisotopic (exact) mass is 391 g/mol. The highest BCUT2D eigenvalue weighted by Gasteiger charge is 2.31. The SMILES string of the molecule is CCCCCCN(C(CN)CCCC)S(=O)(=O)c1cccc2cnccc12. The number of aromatic nitrogens is 1. The van der Waals surface area contributed by atoms with Crippen LogP contribution in [0.4, 0.5) is 0 Å². The number of fused-ring (bicyclic) bond motifs is 1. The first-order valence-electron chi connectivity index (χ1n) is 10.1. The van der Waals surface area contributed by atoms with Crippen LogP contribution in [0.1, 0.15) is 58.8 Å². The molecule has 0 aliphatic rings. The molecule has 0 fully saturated rings. The van der Waals surface area contributed by atoms with Crippen LogP contribution >= 0.6 is 0 Å². The van der Waals surface area contributed by atoms with Gasteiger partial charge in [-0.2, -0.15) is 4.31 Å². The molecule has 1 aromatic carbocycles. The topological polar surface area (TPSA) is 76.3 Å². The fourth-order valence-electron chi connectivity index (χ4n) is 3.46. The third-order valence-corrected chi connectivity index (χ3v) is 7.04. The Balaban J connectivity index is 2.40. The lowest BCUT2D eigenvalue weighted by molar-refractivity contribution is 0.297. The van der Waals surface area contributed by atoms with E-state index < -0.39 is 10.0 Å². The van der Waals surface area contributed by atoms with Gasteiger partial charge in [0.15, 0.2) is 0 Å². The molecule has 0 bridgehead atoms. The summed E-state index contributed by atoms with van der Waals surface area (Å²) in [5.41, 5.74) is 6.02. The summed E-state index contributed by atoms with van der Waals surface area (Å²) in [6.07, 6.45) is 10.3. The summed E-state index contributed by atoms with van der Waals surface area (Å²) < 4.78 is 28.9. The van der Waals surface area contributed by atoms with Gasteiger partial charge >= 0.3 is 0 Å². The lowest BCUT2D eigenvalue weighted by Crippen LogP contribution is -2.45. The van der Waals surface area contributed by atoms with Crippen molar-refractivity contribution in [1.82, 2.24) is 9.29 Å². The van der Waals surface area contributed by atoms with Crippen molar-refractivity contribution in [3.05, 3.63) is 36.7 Å². The van der Waals surface area contributed by atoms with Crippen LogP contribution in [0, 0.1) is 0 Å². The Kier molecular flexibility index (Phi) is 8.67. The third kappa shape index (κ3) is 5.50. The van der Waals surface area contributed by atoms with Gasteiger partial charge in [0.1, 0.15) is 0 Å². The molecule has 2 N–H and O–H groups in total. The highest BCUT2D eigenvalue weighted by molar-refractivity contribution is 7.89. The molecular weight excluding hydrogens is 358 g/mol. The Morgan fingerprint density at radius 2 is 1.85 bits per heavy atom. The van der Waals surface area contributed by atoms with E-state index in [1.54, 1.807) is 34.9 Å². The van der Waals surface area contributed by atoms with Crippen LogP contribution in [0.2, 0.25) is 0 Å². The Bertz CT molecular complexity index is 803. The number of hydrogen-bond donors (Lipinski definition) is 1. The van der Waals surface area contributed by atoms with E-state index in [2.05, 4.69) is 18.8 Å². The molecule has 0 aliphatic carbocycles. The van der Waals surface area contributed by atoms with Crippen molar-refractivity contribution in [2.75, 3.05) is 13.1 Å². The molecule has 0 aliphatic heterocycles. The van der Waals surface area contributed by atoms with E-state index in [1.807, 2.05) is 6.07 Å². The summed E-state index contributed by atoms with van der Waals surface area (Å²) in [5, 5.41) is 1.56. The van der Waals surface area contributed by atoms with Crippen molar-refractivity contribution in [1.29, 1.82) is 0 Å². The Morgan fingerprint density at radius 3 is 2.56 bits per heavy atom. The summed E-state index contributed by atoms with van der Waals surface area (Å²) >= 11 is 0. The predicted molar refractivity (Wildman–Crippen MR) is 112 cm³/mol. The molecule has 0 radical (unpaired) electrons. The van der Waals surface area contributed by atoms with E-state index in [1.165, 1.54) is 0 Å². The summed E-state index contributed by atoms with van der Waals surface area (Å²) in [6, 6.07) is 7.00. The molecule has 0 saturated heterocycles. The normalized spacial score (nSPS) is 13.3. The lowest BCUT2D eigenvalue weighted by Gasteiger charge is -2.30. The number of nitrogens with zero attached hydrogens (tertiary/aromatic N) is 2. The molecule has 0 spiro atoms. The third-order valence-electron chi connectivity index (χ3n) is 5.03. The van der Waals surface area contributed by atoms with E-state index in [9.17, 15) is 8.42 Å². The van der Waals surface area contributed by atoms with Crippen molar-refractivity contribution in [2.45, 2.75) is 69.7 Å². The molecule has 2 aromatic rings. The highest BCUT2D eigenvalue weighted by Crippen LogP contribution is 2.27. The molecule has 6 heteroatoms. The predicted octanol–water partition coefficient (Wildman–Crippen LogP) is 4.32. The fourth-order valence-corrected chi connectivity index (χ4v) is 5.38. The molecule has 2 rings (SSSR count). The number of unbranched alkanes of at least 4 members (excludes halogenated alkanes) is 4. The Morgan fingerprint density at radius 1 is 1.07 bits per heavy atom. The smallest absolute Gasteiger partial charge is 0.243 e. The lowest BCUT2D eigenvalue weighted by atomic mass is 10.1. The van der Waals surface area contributed by atoms with Crippen LogP contribution in [0.3, 0.4) is 0 Å². The van der Waals surface area contributed by atoms with Gasteiger partial charge in [0.2, 0.25) is 10.0 Å². The number of rotatable bonds is 12. The van der Waals surface area contributed by atoms with Crippen LogP contribution in [-0.2, 0) is 10.0 Å². The quantitative estimate of drug-likeness (QED) is 0.547. The number of pyridine rings is 1. The van der Waals surface area contributed by atoms with Crippen molar-refractivity contribution in [2.24, 2.45) is 5.73 Å². The van der Waals surface area contributed by atoms with Gasteiger partial charge in [0.05, 0.1) is 4.90 Å². The molecule has 1 unspecified atom stereocenters. The van der Waals surface area contributed by atoms with Crippen molar-refractivity contribution in [3.8, 4) is 0 Å². The van der Waals surface area contributed by atoms with Crippen molar-refractivity contribution < 1.29 is 8.42 Å². The van der Waals surface area contributed by atoms with Gasteiger partial charge < -0.3 is 5.73 Å². The fraction of sp³-hybridized carbons (Fsp3) is 0.571. The molecule has 0 amide bonds. The van der Waals surface area contributed by atoms with E-state index >= 15 is 0 Å². The number of nitrogens with two attached hydrogens (primary N) is 1. The van der Waals surface area contributed by atoms with Gasteiger partial charge in [-0.05, 0) is 25.0 Å². The van der Waals surface area contributed by atoms with Gasteiger partial charge in [0.25, 0.3) is 0 Å². The Hall–Kier alpha value is -1.50. The maximum absolute atomic E-state index is 13.6. The van der Waals surface area contributed by atoms with Gasteiger partial charge in [-0.3, -0.25) is 4.98 Å². The minimum absolute atomic E-state index is 0.159. The maximum Gasteiger partial charge on any atom is 0.243 e. The zero-order chi connectivity index (χ0) is 19.7. The average molecular weight is 392 g/mol. The summed E-state index contributed by atoms with van der Waals surface area (Å²) in [6.45, 7) is 5.14. The number of hydrogen-bond acceptors (Lipinski definition) is 4. The van der Waals surface area contributed by atoms with E-state index in [4.69, 9.17) is 5.73 Å². The molecule has 1 aromatic heterocycles.